The molecule has 2 N–H and O–H groups in total. The van der Waals surface area contributed by atoms with Crippen LogP contribution in [0.15, 0.2) is 71.1 Å². The monoisotopic (exact) mass is 441 g/mol. The molecule has 1 aromatic heterocycles. The topological polar surface area (TPSA) is 67.2 Å². The highest BCUT2D eigenvalue weighted by Crippen LogP contribution is 2.27. The van der Waals surface area contributed by atoms with E-state index in [0.717, 1.165) is 5.56 Å². The number of carbonyl (C=O) groups excluding carboxylic acids is 1. The second-order valence-corrected chi connectivity index (χ2v) is 7.41. The van der Waals surface area contributed by atoms with E-state index < -0.39 is 0 Å². The number of nitrogens with one attached hydrogen (secondary N) is 2. The first-order valence-electron chi connectivity index (χ1n) is 8.52. The fourth-order valence-electron chi connectivity index (χ4n) is 2.72. The van der Waals surface area contributed by atoms with Crippen LogP contribution >= 0.6 is 35.4 Å². The van der Waals surface area contributed by atoms with E-state index in [1.807, 2.05) is 24.3 Å². The number of halogens is 2. The number of benzene rings is 3. The molecule has 0 unspecified atom stereocenters. The van der Waals surface area contributed by atoms with Crippen molar-refractivity contribution in [3.63, 3.8) is 0 Å². The molecule has 0 aliphatic carbocycles. The molecule has 0 atom stereocenters. The molecule has 0 spiro atoms. The van der Waals surface area contributed by atoms with Crippen LogP contribution in [0.5, 0.6) is 0 Å². The Bertz CT molecular complexity index is 1240. The predicted molar refractivity (Wildman–Crippen MR) is 120 cm³/mol. The van der Waals surface area contributed by atoms with Gasteiger partial charge in [0.25, 0.3) is 5.91 Å². The maximum Gasteiger partial charge on any atom is 0.257 e. The lowest BCUT2D eigenvalue weighted by atomic mass is 10.2. The zero-order valence-electron chi connectivity index (χ0n) is 14.8. The van der Waals surface area contributed by atoms with E-state index in [-0.39, 0.29) is 11.0 Å². The van der Waals surface area contributed by atoms with Gasteiger partial charge < -0.3 is 9.73 Å². The first-order valence-corrected chi connectivity index (χ1v) is 9.69. The molecule has 0 radical (unpaired) electrons. The summed E-state index contributed by atoms with van der Waals surface area (Å²) in [5, 5.41) is 6.84. The number of oxazole rings is 1. The average molecular weight is 442 g/mol. The Balaban J connectivity index is 1.49. The van der Waals surface area contributed by atoms with Crippen LogP contribution in [0.1, 0.15) is 10.4 Å². The van der Waals surface area contributed by atoms with Crippen LogP contribution in [0, 0.1) is 0 Å². The fraction of sp³-hybridized carbons (Fsp3) is 0. The van der Waals surface area contributed by atoms with Crippen molar-refractivity contribution in [3.8, 4) is 11.5 Å². The van der Waals surface area contributed by atoms with Gasteiger partial charge in [-0.3, -0.25) is 10.1 Å². The highest BCUT2D eigenvalue weighted by atomic mass is 35.5. The maximum absolute atomic E-state index is 12.3. The number of nitrogens with zero attached hydrogens (tertiary/aromatic N) is 1. The maximum atomic E-state index is 12.3. The number of rotatable bonds is 3. The van der Waals surface area contributed by atoms with Crippen LogP contribution < -0.4 is 10.6 Å². The summed E-state index contributed by atoms with van der Waals surface area (Å²) in [5.41, 5.74) is 3.17. The van der Waals surface area contributed by atoms with Gasteiger partial charge >= 0.3 is 0 Å². The van der Waals surface area contributed by atoms with Crippen molar-refractivity contribution in [2.75, 3.05) is 5.32 Å². The van der Waals surface area contributed by atoms with Gasteiger partial charge in [0, 0.05) is 26.9 Å². The van der Waals surface area contributed by atoms with Gasteiger partial charge in [-0.25, -0.2) is 4.98 Å². The molecule has 3 aromatic carbocycles. The minimum Gasteiger partial charge on any atom is -0.436 e. The number of hydrogen-bond donors (Lipinski definition) is 2. The summed E-state index contributed by atoms with van der Waals surface area (Å²) < 4.78 is 5.79. The van der Waals surface area contributed by atoms with Gasteiger partial charge in [-0.15, -0.1) is 0 Å². The summed E-state index contributed by atoms with van der Waals surface area (Å²) in [7, 11) is 0. The van der Waals surface area contributed by atoms with Crippen LogP contribution in [0.2, 0.25) is 10.0 Å². The smallest absolute Gasteiger partial charge is 0.257 e. The molecule has 0 aliphatic heterocycles. The molecule has 8 heteroatoms. The van der Waals surface area contributed by atoms with Gasteiger partial charge in [-0.2, -0.15) is 0 Å². The van der Waals surface area contributed by atoms with Crippen LogP contribution in [0.25, 0.3) is 22.6 Å². The molecule has 1 heterocycles. The van der Waals surface area contributed by atoms with Crippen LogP contribution in [-0.4, -0.2) is 16.0 Å². The lowest BCUT2D eigenvalue weighted by Gasteiger charge is -2.10. The SMILES string of the molecule is O=C(NC(=S)Nc1cccc(-c2nc3cc(Cl)ccc3o2)c1)c1cccc(Cl)c1. The summed E-state index contributed by atoms with van der Waals surface area (Å²) in [6.07, 6.45) is 0. The van der Waals surface area contributed by atoms with Gasteiger partial charge in [-0.1, -0.05) is 35.3 Å². The van der Waals surface area contributed by atoms with Crippen molar-refractivity contribution in [1.82, 2.24) is 10.3 Å². The Morgan fingerprint density at radius 1 is 0.966 bits per heavy atom. The molecule has 5 nitrogen and oxygen atoms in total. The number of anilines is 1. The Kier molecular flexibility index (Phi) is 5.49. The number of hydrogen-bond acceptors (Lipinski definition) is 4. The first-order chi connectivity index (χ1) is 14.0. The van der Waals surface area contributed by atoms with Crippen molar-refractivity contribution in [2.45, 2.75) is 0 Å². The fourth-order valence-corrected chi connectivity index (χ4v) is 3.29. The Hall–Kier alpha value is -2.93. The molecule has 29 heavy (non-hydrogen) atoms. The van der Waals surface area contributed by atoms with Gasteiger partial charge in [-0.05, 0) is 66.8 Å². The second kappa shape index (κ2) is 8.21. The summed E-state index contributed by atoms with van der Waals surface area (Å²) >= 11 is 17.2. The number of aromatic nitrogens is 1. The van der Waals surface area contributed by atoms with Gasteiger partial charge in [0.1, 0.15) is 5.52 Å². The summed E-state index contributed by atoms with van der Waals surface area (Å²) in [6, 6.07) is 19.2. The zero-order valence-corrected chi connectivity index (χ0v) is 17.1. The molecule has 0 saturated carbocycles. The largest absolute Gasteiger partial charge is 0.436 e. The molecule has 0 bridgehead atoms. The van der Waals surface area contributed by atoms with E-state index in [4.69, 9.17) is 39.8 Å². The normalized spacial score (nSPS) is 10.7. The third kappa shape index (κ3) is 4.56. The van der Waals surface area contributed by atoms with Crippen molar-refractivity contribution < 1.29 is 9.21 Å². The van der Waals surface area contributed by atoms with E-state index in [9.17, 15) is 4.79 Å². The van der Waals surface area contributed by atoms with Crippen LogP contribution in [0.4, 0.5) is 5.69 Å². The predicted octanol–water partition coefficient (Wildman–Crippen LogP) is 5.93. The second-order valence-electron chi connectivity index (χ2n) is 6.13. The lowest BCUT2D eigenvalue weighted by molar-refractivity contribution is 0.0977. The molecule has 144 valence electrons. The van der Waals surface area contributed by atoms with E-state index in [1.165, 1.54) is 0 Å². The molecular formula is C21H13Cl2N3O2S. The molecule has 4 rings (SSSR count). The van der Waals surface area contributed by atoms with E-state index in [2.05, 4.69) is 15.6 Å². The van der Waals surface area contributed by atoms with E-state index >= 15 is 0 Å². The highest BCUT2D eigenvalue weighted by molar-refractivity contribution is 7.80. The van der Waals surface area contributed by atoms with Gasteiger partial charge in [0.2, 0.25) is 5.89 Å². The number of fused-ring (bicyclic) bond motifs is 1. The van der Waals surface area contributed by atoms with Crippen LogP contribution in [-0.2, 0) is 0 Å². The van der Waals surface area contributed by atoms with Crippen molar-refractivity contribution >= 4 is 63.2 Å². The van der Waals surface area contributed by atoms with Gasteiger partial charge in [0.15, 0.2) is 10.7 Å². The Morgan fingerprint density at radius 3 is 2.59 bits per heavy atom. The Labute approximate surface area is 181 Å². The molecule has 1 amide bonds. The minimum atomic E-state index is -0.350. The summed E-state index contributed by atoms with van der Waals surface area (Å²) in [5.74, 6) is 0.108. The number of amides is 1. The van der Waals surface area contributed by atoms with Crippen molar-refractivity contribution in [2.24, 2.45) is 0 Å². The summed E-state index contributed by atoms with van der Waals surface area (Å²) in [4.78, 5) is 16.7. The third-order valence-electron chi connectivity index (χ3n) is 4.03. The van der Waals surface area contributed by atoms with Crippen molar-refractivity contribution in [1.29, 1.82) is 0 Å². The zero-order chi connectivity index (χ0) is 20.4. The van der Waals surface area contributed by atoms with E-state index in [0.29, 0.717) is 38.3 Å². The third-order valence-corrected chi connectivity index (χ3v) is 4.71. The highest BCUT2D eigenvalue weighted by Gasteiger charge is 2.11. The van der Waals surface area contributed by atoms with Gasteiger partial charge in [0.05, 0.1) is 0 Å². The molecule has 4 aromatic rings. The Morgan fingerprint density at radius 2 is 1.76 bits per heavy atom. The molecular weight excluding hydrogens is 429 g/mol. The average Bonchev–Trinajstić information content (AvgIpc) is 3.11. The summed E-state index contributed by atoms with van der Waals surface area (Å²) in [6.45, 7) is 0. The molecule has 0 fully saturated rings. The van der Waals surface area contributed by atoms with Crippen LogP contribution in [0.3, 0.4) is 0 Å². The van der Waals surface area contributed by atoms with Crippen molar-refractivity contribution in [3.05, 3.63) is 82.3 Å². The van der Waals surface area contributed by atoms with E-state index in [1.54, 1.807) is 42.5 Å². The standard InChI is InChI=1S/C21H13Cl2N3O2S/c22-14-5-1-3-12(9-14)19(27)26-21(29)24-16-6-2-4-13(10-16)20-25-17-11-15(23)7-8-18(17)28-20/h1-11H,(H2,24,26,27,29). The quantitative estimate of drug-likeness (QED) is 0.385. The lowest BCUT2D eigenvalue weighted by Crippen LogP contribution is -2.34. The number of thiocarbonyl (C=S) groups is 1. The number of carbonyl (C=O) groups is 1. The minimum absolute atomic E-state index is 0.163. The first kappa shape index (κ1) is 19.4. The molecule has 0 aliphatic rings. The molecule has 0 saturated heterocycles.